The Balaban J connectivity index is 2.01. The number of fused-ring (bicyclic) bond motifs is 1. The van der Waals surface area contributed by atoms with Gasteiger partial charge in [-0.2, -0.15) is 5.10 Å². The van der Waals surface area contributed by atoms with Crippen molar-refractivity contribution >= 4 is 23.1 Å². The number of pyridine rings is 1. The van der Waals surface area contributed by atoms with Crippen molar-refractivity contribution in [3.05, 3.63) is 58.5 Å². The van der Waals surface area contributed by atoms with E-state index in [2.05, 4.69) is 5.10 Å². The van der Waals surface area contributed by atoms with Crippen LogP contribution >= 0.6 is 11.6 Å². The van der Waals surface area contributed by atoms with Gasteiger partial charge in [-0.3, -0.25) is 0 Å². The van der Waals surface area contributed by atoms with Gasteiger partial charge in [0.2, 0.25) is 0 Å². The molecule has 0 atom stereocenters. The highest BCUT2D eigenvalue weighted by molar-refractivity contribution is 6.36. The Labute approximate surface area is 142 Å². The number of esters is 1. The molecule has 6 heteroatoms. The van der Waals surface area contributed by atoms with E-state index >= 15 is 0 Å². The van der Waals surface area contributed by atoms with Gasteiger partial charge in [-0.25, -0.2) is 13.7 Å². The average molecular weight is 345 g/mol. The van der Waals surface area contributed by atoms with Crippen molar-refractivity contribution in [2.45, 2.75) is 18.8 Å². The first kappa shape index (κ1) is 15.1. The van der Waals surface area contributed by atoms with E-state index in [4.69, 9.17) is 16.3 Å². The zero-order chi connectivity index (χ0) is 16.8. The summed E-state index contributed by atoms with van der Waals surface area (Å²) >= 11 is 6.36. The number of carbonyl (C=O) groups excluding carboxylic acids is 1. The zero-order valence-electron chi connectivity index (χ0n) is 12.9. The molecule has 0 amide bonds. The highest BCUT2D eigenvalue weighted by Gasteiger charge is 2.27. The molecular weight excluding hydrogens is 331 g/mol. The molecule has 0 aliphatic heterocycles. The number of carbonyl (C=O) groups is 1. The molecule has 0 spiro atoms. The summed E-state index contributed by atoms with van der Waals surface area (Å²) in [6.07, 6.45) is 2.24. The fourth-order valence-electron chi connectivity index (χ4n) is 2.87. The molecule has 1 aromatic carbocycles. The molecule has 122 valence electrons. The molecule has 0 bridgehead atoms. The number of benzene rings is 1. The molecule has 3 aromatic rings. The van der Waals surface area contributed by atoms with Gasteiger partial charge >= 0.3 is 5.97 Å². The van der Waals surface area contributed by atoms with Crippen LogP contribution in [0, 0.1) is 5.82 Å². The first-order valence-corrected chi connectivity index (χ1v) is 8.02. The molecule has 2 aromatic heterocycles. The lowest BCUT2D eigenvalue weighted by Crippen LogP contribution is -2.03. The van der Waals surface area contributed by atoms with Crippen LogP contribution in [-0.2, 0) is 4.74 Å². The second-order valence-electron chi connectivity index (χ2n) is 5.91. The van der Waals surface area contributed by atoms with Gasteiger partial charge in [-0.05, 0) is 48.6 Å². The topological polar surface area (TPSA) is 43.6 Å². The molecule has 1 aliphatic rings. The summed E-state index contributed by atoms with van der Waals surface area (Å²) in [6.45, 7) is 0. The molecular formula is C18H14ClFN2O2. The van der Waals surface area contributed by atoms with E-state index in [9.17, 15) is 9.18 Å². The monoisotopic (exact) mass is 344 g/mol. The Bertz CT molecular complexity index is 963. The SMILES string of the molecule is COC(=O)c1nn2c(-c3cccc(F)c3)cc(C3CC3)cc2c1Cl. The Kier molecular flexibility index (Phi) is 3.53. The minimum absolute atomic E-state index is 0.0600. The quantitative estimate of drug-likeness (QED) is 0.659. The van der Waals surface area contributed by atoms with E-state index in [1.807, 2.05) is 18.2 Å². The second-order valence-corrected chi connectivity index (χ2v) is 6.29. The Hall–Kier alpha value is -2.40. The number of nitrogens with zero attached hydrogens (tertiary/aromatic N) is 2. The first-order chi connectivity index (χ1) is 11.6. The lowest BCUT2D eigenvalue weighted by atomic mass is 10.1. The van der Waals surface area contributed by atoms with Crippen LogP contribution < -0.4 is 0 Å². The summed E-state index contributed by atoms with van der Waals surface area (Å²) in [7, 11) is 1.28. The second kappa shape index (κ2) is 5.60. The molecule has 0 N–H and O–H groups in total. The van der Waals surface area contributed by atoms with Gasteiger partial charge in [0.25, 0.3) is 0 Å². The predicted molar refractivity (Wildman–Crippen MR) is 88.9 cm³/mol. The predicted octanol–water partition coefficient (Wildman–Crippen LogP) is 4.46. The van der Waals surface area contributed by atoms with Crippen LogP contribution in [0.5, 0.6) is 0 Å². The third-order valence-corrected chi connectivity index (χ3v) is 4.62. The largest absolute Gasteiger partial charge is 0.464 e. The minimum Gasteiger partial charge on any atom is -0.464 e. The number of hydrogen-bond acceptors (Lipinski definition) is 3. The number of methoxy groups -OCH3 is 1. The van der Waals surface area contributed by atoms with Crippen molar-refractivity contribution in [3.63, 3.8) is 0 Å². The highest BCUT2D eigenvalue weighted by atomic mass is 35.5. The van der Waals surface area contributed by atoms with E-state index in [1.165, 1.54) is 19.2 Å². The van der Waals surface area contributed by atoms with Crippen molar-refractivity contribution in [2.75, 3.05) is 7.11 Å². The number of hydrogen-bond donors (Lipinski definition) is 0. The normalized spacial score (nSPS) is 14.1. The summed E-state index contributed by atoms with van der Waals surface area (Å²) < 4.78 is 20.0. The maximum Gasteiger partial charge on any atom is 0.360 e. The van der Waals surface area contributed by atoms with Crippen LogP contribution in [-0.4, -0.2) is 22.7 Å². The molecule has 4 rings (SSSR count). The van der Waals surface area contributed by atoms with E-state index in [-0.39, 0.29) is 16.5 Å². The third-order valence-electron chi connectivity index (χ3n) is 4.24. The van der Waals surface area contributed by atoms with E-state index in [1.54, 1.807) is 10.6 Å². The smallest absolute Gasteiger partial charge is 0.360 e. The first-order valence-electron chi connectivity index (χ1n) is 7.65. The van der Waals surface area contributed by atoms with Crippen LogP contribution in [0.3, 0.4) is 0 Å². The maximum atomic E-state index is 13.7. The van der Waals surface area contributed by atoms with Crippen LogP contribution in [0.1, 0.15) is 34.8 Å². The maximum absolute atomic E-state index is 13.7. The number of rotatable bonds is 3. The molecule has 1 aliphatic carbocycles. The van der Waals surface area contributed by atoms with E-state index in [0.717, 1.165) is 18.4 Å². The minimum atomic E-state index is -0.595. The van der Waals surface area contributed by atoms with Gasteiger partial charge in [0.15, 0.2) is 5.69 Å². The summed E-state index contributed by atoms with van der Waals surface area (Å²) in [4.78, 5) is 11.9. The standard InChI is InChI=1S/C18H14ClFN2O2/c1-24-18(23)17-16(19)15-9-12(10-5-6-10)8-14(22(15)21-17)11-3-2-4-13(20)7-11/h2-4,7-10H,5-6H2,1H3. The van der Waals surface area contributed by atoms with Crippen LogP contribution in [0.2, 0.25) is 5.02 Å². The summed E-state index contributed by atoms with van der Waals surface area (Å²) in [6, 6.07) is 10.2. The summed E-state index contributed by atoms with van der Waals surface area (Å²) in [5.41, 5.74) is 3.19. The van der Waals surface area contributed by atoms with Crippen molar-refractivity contribution < 1.29 is 13.9 Å². The Morgan fingerprint density at radius 3 is 2.79 bits per heavy atom. The van der Waals surface area contributed by atoms with Crippen molar-refractivity contribution in [1.29, 1.82) is 0 Å². The van der Waals surface area contributed by atoms with Gasteiger partial charge in [-0.15, -0.1) is 0 Å². The zero-order valence-corrected chi connectivity index (χ0v) is 13.7. The van der Waals surface area contributed by atoms with Gasteiger partial charge in [-0.1, -0.05) is 23.7 Å². The Morgan fingerprint density at radius 2 is 2.12 bits per heavy atom. The van der Waals surface area contributed by atoms with Crippen molar-refractivity contribution in [2.24, 2.45) is 0 Å². The molecule has 4 nitrogen and oxygen atoms in total. The van der Waals surface area contributed by atoms with Gasteiger partial charge in [0.1, 0.15) is 10.8 Å². The van der Waals surface area contributed by atoms with Crippen LogP contribution in [0.25, 0.3) is 16.8 Å². The molecule has 0 radical (unpaired) electrons. The Morgan fingerprint density at radius 1 is 1.33 bits per heavy atom. The molecule has 0 unspecified atom stereocenters. The van der Waals surface area contributed by atoms with Crippen molar-refractivity contribution in [1.82, 2.24) is 9.61 Å². The van der Waals surface area contributed by atoms with Crippen molar-refractivity contribution in [3.8, 4) is 11.3 Å². The molecule has 2 heterocycles. The number of halogens is 2. The van der Waals surface area contributed by atoms with Crippen LogP contribution in [0.4, 0.5) is 4.39 Å². The van der Waals surface area contributed by atoms with Gasteiger partial charge in [0, 0.05) is 5.56 Å². The highest BCUT2D eigenvalue weighted by Crippen LogP contribution is 2.42. The summed E-state index contributed by atoms with van der Waals surface area (Å²) in [5.74, 6) is -0.444. The van der Waals surface area contributed by atoms with E-state index in [0.29, 0.717) is 22.7 Å². The lowest BCUT2D eigenvalue weighted by Gasteiger charge is -2.09. The fourth-order valence-corrected chi connectivity index (χ4v) is 3.12. The third kappa shape index (κ3) is 2.45. The molecule has 1 saturated carbocycles. The molecule has 1 fully saturated rings. The molecule has 0 saturated heterocycles. The number of ether oxygens (including phenoxy) is 1. The van der Waals surface area contributed by atoms with Gasteiger partial charge in [0.05, 0.1) is 18.3 Å². The lowest BCUT2D eigenvalue weighted by molar-refractivity contribution is 0.0594. The average Bonchev–Trinajstić information content (AvgIpc) is 3.38. The number of aromatic nitrogens is 2. The fraction of sp³-hybridized carbons (Fsp3) is 0.222. The van der Waals surface area contributed by atoms with E-state index < -0.39 is 5.97 Å². The van der Waals surface area contributed by atoms with Crippen LogP contribution in [0.15, 0.2) is 36.4 Å². The summed E-state index contributed by atoms with van der Waals surface area (Å²) in [5, 5.41) is 4.55. The van der Waals surface area contributed by atoms with Gasteiger partial charge < -0.3 is 4.74 Å². The molecule has 24 heavy (non-hydrogen) atoms.